The Kier molecular flexibility index (Phi) is 2.58. The van der Waals surface area contributed by atoms with Gasteiger partial charge in [0.25, 0.3) is 0 Å². The van der Waals surface area contributed by atoms with E-state index in [1.165, 1.54) is 0 Å². The average Bonchev–Trinajstić information content (AvgIpc) is 2.59. The molecular formula is C10H11BrN2O. The molecule has 4 heteroatoms. The first-order valence-corrected chi connectivity index (χ1v) is 5.14. The van der Waals surface area contributed by atoms with Gasteiger partial charge >= 0.3 is 0 Å². The average molecular weight is 255 g/mol. The molecule has 1 heterocycles. The minimum Gasteiger partial charge on any atom is -0.394 e. The normalized spacial score (nSPS) is 13.4. The van der Waals surface area contributed by atoms with Crippen LogP contribution >= 0.6 is 15.9 Å². The molecule has 0 aliphatic carbocycles. The Morgan fingerprint density at radius 3 is 2.93 bits per heavy atom. The number of aromatic amines is 1. The van der Waals surface area contributed by atoms with Crippen LogP contribution in [0.2, 0.25) is 0 Å². The van der Waals surface area contributed by atoms with Crippen LogP contribution in [-0.4, -0.2) is 16.7 Å². The number of aliphatic hydroxyl groups is 1. The van der Waals surface area contributed by atoms with Crippen LogP contribution in [0.25, 0.3) is 10.9 Å². The highest BCUT2D eigenvalue weighted by Crippen LogP contribution is 2.22. The zero-order valence-electron chi connectivity index (χ0n) is 7.50. The van der Waals surface area contributed by atoms with Crippen LogP contribution in [0.3, 0.4) is 0 Å². The van der Waals surface area contributed by atoms with E-state index in [0.29, 0.717) is 0 Å². The zero-order valence-corrected chi connectivity index (χ0v) is 9.08. The number of fused-ring (bicyclic) bond motifs is 1. The molecule has 0 aliphatic rings. The molecule has 0 amide bonds. The lowest BCUT2D eigenvalue weighted by molar-refractivity contribution is 0.266. The maximum absolute atomic E-state index is 8.91. The molecule has 3 nitrogen and oxygen atoms in total. The first kappa shape index (κ1) is 9.71. The van der Waals surface area contributed by atoms with Crippen LogP contribution in [0.4, 0.5) is 0 Å². The van der Waals surface area contributed by atoms with Crippen molar-refractivity contribution < 1.29 is 5.11 Å². The van der Waals surface area contributed by atoms with Crippen molar-refractivity contribution in [3.8, 4) is 0 Å². The van der Waals surface area contributed by atoms with E-state index in [0.717, 1.165) is 21.1 Å². The molecule has 0 spiro atoms. The van der Waals surface area contributed by atoms with Crippen molar-refractivity contribution >= 4 is 26.8 Å². The van der Waals surface area contributed by atoms with Crippen LogP contribution in [0, 0.1) is 0 Å². The monoisotopic (exact) mass is 254 g/mol. The van der Waals surface area contributed by atoms with Gasteiger partial charge in [-0.15, -0.1) is 0 Å². The van der Waals surface area contributed by atoms with Crippen LogP contribution in [0.15, 0.2) is 28.7 Å². The predicted molar refractivity (Wildman–Crippen MR) is 60.0 cm³/mol. The van der Waals surface area contributed by atoms with Crippen molar-refractivity contribution in [3.05, 3.63) is 34.4 Å². The number of H-pyrrole nitrogens is 1. The third-order valence-electron chi connectivity index (χ3n) is 2.20. The molecule has 2 aromatic rings. The van der Waals surface area contributed by atoms with Crippen molar-refractivity contribution in [3.63, 3.8) is 0 Å². The summed E-state index contributed by atoms with van der Waals surface area (Å²) in [4.78, 5) is 3.17. The van der Waals surface area contributed by atoms with Crippen molar-refractivity contribution in [2.24, 2.45) is 5.73 Å². The molecule has 0 unspecified atom stereocenters. The van der Waals surface area contributed by atoms with Gasteiger partial charge in [-0.25, -0.2) is 0 Å². The van der Waals surface area contributed by atoms with Crippen LogP contribution in [-0.2, 0) is 0 Å². The third kappa shape index (κ3) is 1.68. The summed E-state index contributed by atoms with van der Waals surface area (Å²) < 4.78 is 1.04. The highest BCUT2D eigenvalue weighted by molar-refractivity contribution is 9.10. The van der Waals surface area contributed by atoms with E-state index in [-0.39, 0.29) is 12.6 Å². The van der Waals surface area contributed by atoms with Crippen molar-refractivity contribution in [1.82, 2.24) is 4.98 Å². The summed E-state index contributed by atoms with van der Waals surface area (Å²) in [5.41, 5.74) is 7.60. The first-order valence-electron chi connectivity index (χ1n) is 4.35. The summed E-state index contributed by atoms with van der Waals surface area (Å²) in [6.07, 6.45) is 0. The molecule has 0 aliphatic heterocycles. The molecule has 0 saturated carbocycles. The largest absolute Gasteiger partial charge is 0.394 e. The van der Waals surface area contributed by atoms with Crippen LogP contribution in [0.5, 0.6) is 0 Å². The second-order valence-electron chi connectivity index (χ2n) is 3.25. The molecule has 0 bridgehead atoms. The number of rotatable bonds is 2. The van der Waals surface area contributed by atoms with Gasteiger partial charge < -0.3 is 15.8 Å². The lowest BCUT2D eigenvalue weighted by Crippen LogP contribution is -2.14. The predicted octanol–water partition coefficient (Wildman–Crippen LogP) is 1.92. The molecule has 1 aromatic carbocycles. The van der Waals surface area contributed by atoms with Gasteiger partial charge in [-0.3, -0.25) is 0 Å². The van der Waals surface area contributed by atoms with E-state index >= 15 is 0 Å². The number of aromatic nitrogens is 1. The van der Waals surface area contributed by atoms with Gasteiger partial charge in [-0.2, -0.15) is 0 Å². The summed E-state index contributed by atoms with van der Waals surface area (Å²) in [5.74, 6) is 0. The van der Waals surface area contributed by atoms with Gasteiger partial charge in [-0.05, 0) is 24.3 Å². The molecule has 74 valence electrons. The van der Waals surface area contributed by atoms with E-state index in [9.17, 15) is 0 Å². The molecule has 1 atom stereocenters. The van der Waals surface area contributed by atoms with Gasteiger partial charge in [-0.1, -0.05) is 15.9 Å². The lowest BCUT2D eigenvalue weighted by Gasteiger charge is -2.03. The smallest absolute Gasteiger partial charge is 0.0683 e. The Morgan fingerprint density at radius 1 is 1.43 bits per heavy atom. The zero-order chi connectivity index (χ0) is 10.1. The standard InChI is InChI=1S/C10H11BrN2O/c11-7-1-2-9-6(3-7)4-10(13-9)8(12)5-14/h1-4,8,13-14H,5,12H2/t8-/m1/s1. The van der Waals surface area contributed by atoms with Crippen LogP contribution < -0.4 is 5.73 Å². The summed E-state index contributed by atoms with van der Waals surface area (Å²) in [6.45, 7) is -0.0476. The third-order valence-corrected chi connectivity index (χ3v) is 2.69. The summed E-state index contributed by atoms with van der Waals surface area (Å²) >= 11 is 3.40. The second-order valence-corrected chi connectivity index (χ2v) is 4.16. The number of benzene rings is 1. The Bertz CT molecular complexity index is 452. The van der Waals surface area contributed by atoms with Crippen molar-refractivity contribution in [2.45, 2.75) is 6.04 Å². The quantitative estimate of drug-likeness (QED) is 0.767. The lowest BCUT2D eigenvalue weighted by atomic mass is 10.2. The van der Waals surface area contributed by atoms with E-state index in [4.69, 9.17) is 10.8 Å². The minimum atomic E-state index is -0.332. The molecular weight excluding hydrogens is 244 g/mol. The highest BCUT2D eigenvalue weighted by Gasteiger charge is 2.07. The fourth-order valence-electron chi connectivity index (χ4n) is 1.42. The summed E-state index contributed by atoms with van der Waals surface area (Å²) in [5, 5.41) is 10.0. The van der Waals surface area contributed by atoms with Crippen LogP contribution in [0.1, 0.15) is 11.7 Å². The number of nitrogens with two attached hydrogens (primary N) is 1. The first-order chi connectivity index (χ1) is 6.70. The number of hydrogen-bond acceptors (Lipinski definition) is 2. The van der Waals surface area contributed by atoms with Gasteiger partial charge in [0.1, 0.15) is 0 Å². The van der Waals surface area contributed by atoms with Gasteiger partial charge in [0.2, 0.25) is 0 Å². The molecule has 1 aromatic heterocycles. The maximum atomic E-state index is 8.91. The number of hydrogen-bond donors (Lipinski definition) is 3. The van der Waals surface area contributed by atoms with E-state index in [1.54, 1.807) is 0 Å². The summed E-state index contributed by atoms with van der Waals surface area (Å²) in [7, 11) is 0. The minimum absolute atomic E-state index is 0.0476. The van der Waals surface area contributed by atoms with E-state index in [2.05, 4.69) is 20.9 Å². The van der Waals surface area contributed by atoms with E-state index < -0.39 is 0 Å². The fourth-order valence-corrected chi connectivity index (χ4v) is 1.80. The number of aliphatic hydroxyl groups excluding tert-OH is 1. The van der Waals surface area contributed by atoms with Gasteiger partial charge in [0, 0.05) is 21.1 Å². The topological polar surface area (TPSA) is 62.0 Å². The molecule has 0 saturated heterocycles. The molecule has 0 fully saturated rings. The molecule has 2 rings (SSSR count). The van der Waals surface area contributed by atoms with Gasteiger partial charge in [0.15, 0.2) is 0 Å². The van der Waals surface area contributed by atoms with Crippen molar-refractivity contribution in [1.29, 1.82) is 0 Å². The molecule has 4 N–H and O–H groups in total. The highest BCUT2D eigenvalue weighted by atomic mass is 79.9. The number of nitrogens with one attached hydrogen (secondary N) is 1. The Labute approximate surface area is 90.1 Å². The molecule has 0 radical (unpaired) electrons. The van der Waals surface area contributed by atoms with Crippen molar-refractivity contribution in [2.75, 3.05) is 6.61 Å². The van der Waals surface area contributed by atoms with E-state index in [1.807, 2.05) is 24.3 Å². The summed E-state index contributed by atoms with van der Waals surface area (Å²) in [6, 6.07) is 7.58. The van der Waals surface area contributed by atoms with Gasteiger partial charge in [0.05, 0.1) is 12.6 Å². The molecule has 14 heavy (non-hydrogen) atoms. The number of halogens is 1. The maximum Gasteiger partial charge on any atom is 0.0683 e. The SMILES string of the molecule is N[C@H](CO)c1cc2cc(Br)ccc2[nH]1. The fraction of sp³-hybridized carbons (Fsp3) is 0.200. The second kappa shape index (κ2) is 3.73. The Balaban J connectivity index is 2.51. The Morgan fingerprint density at radius 2 is 2.21 bits per heavy atom. The Hall–Kier alpha value is -0.840.